The van der Waals surface area contributed by atoms with Gasteiger partial charge < -0.3 is 14.6 Å². The van der Waals surface area contributed by atoms with Gasteiger partial charge in [-0.25, -0.2) is 17.5 Å². The summed E-state index contributed by atoms with van der Waals surface area (Å²) in [6.07, 6.45) is 0. The van der Waals surface area contributed by atoms with Crippen molar-refractivity contribution in [3.63, 3.8) is 0 Å². The van der Waals surface area contributed by atoms with Crippen LogP contribution in [0.25, 0.3) is 0 Å². The number of rotatable bonds is 4. The first-order valence-electron chi connectivity index (χ1n) is 6.81. The van der Waals surface area contributed by atoms with Gasteiger partial charge in [0.2, 0.25) is 0 Å². The Morgan fingerprint density at radius 2 is 2.00 bits per heavy atom. The average molecular weight is 404 g/mol. The van der Waals surface area contributed by atoms with Gasteiger partial charge in [-0.1, -0.05) is 23.2 Å². The van der Waals surface area contributed by atoms with Crippen LogP contribution in [0, 0.1) is 0 Å². The fourth-order valence-corrected chi connectivity index (χ4v) is 4.40. The number of halogens is 2. The van der Waals surface area contributed by atoms with Gasteiger partial charge in [-0.2, -0.15) is 0 Å². The number of fused-ring (bicyclic) bond motifs is 1. The lowest BCUT2D eigenvalue weighted by Gasteiger charge is -2.19. The first kappa shape index (κ1) is 17.7. The molecule has 2 aromatic rings. The van der Waals surface area contributed by atoms with Gasteiger partial charge in [0.05, 0.1) is 23.4 Å². The van der Waals surface area contributed by atoms with Crippen molar-refractivity contribution < 1.29 is 27.8 Å². The molecule has 3 rings (SSSR count). The van der Waals surface area contributed by atoms with E-state index in [1.807, 2.05) is 0 Å². The van der Waals surface area contributed by atoms with Crippen LogP contribution in [0.2, 0.25) is 10.0 Å². The summed E-state index contributed by atoms with van der Waals surface area (Å²) in [6, 6.07) is 6.54. The second kappa shape index (κ2) is 6.29. The summed E-state index contributed by atoms with van der Waals surface area (Å²) in [5, 5.41) is 9.37. The van der Waals surface area contributed by atoms with E-state index >= 15 is 0 Å². The smallest absolute Gasteiger partial charge is 0.335 e. The number of sulfonamides is 1. The second-order valence-electron chi connectivity index (χ2n) is 5.03. The molecule has 0 bridgehead atoms. The van der Waals surface area contributed by atoms with Gasteiger partial charge in [0.15, 0.2) is 12.5 Å². The Hall–Kier alpha value is -2.16. The summed E-state index contributed by atoms with van der Waals surface area (Å²) in [5.41, 5.74) is -0.126. The number of aromatic carboxylic acids is 1. The maximum atomic E-state index is 13.0. The van der Waals surface area contributed by atoms with Crippen molar-refractivity contribution in [1.82, 2.24) is 0 Å². The van der Waals surface area contributed by atoms with Gasteiger partial charge >= 0.3 is 5.97 Å². The van der Waals surface area contributed by atoms with Crippen molar-refractivity contribution in [2.45, 2.75) is 4.90 Å². The van der Waals surface area contributed by atoms with Crippen LogP contribution >= 0.6 is 23.2 Å². The molecule has 0 spiro atoms. The molecule has 0 aliphatic carbocycles. The zero-order valence-electron chi connectivity index (χ0n) is 12.7. The van der Waals surface area contributed by atoms with E-state index in [-0.39, 0.29) is 44.4 Å². The van der Waals surface area contributed by atoms with Crippen LogP contribution in [0.15, 0.2) is 35.2 Å². The van der Waals surface area contributed by atoms with Gasteiger partial charge in [0, 0.05) is 5.02 Å². The molecule has 1 aliphatic rings. The molecule has 1 heterocycles. The molecular formula is C15H11Cl2NO6S. The van der Waals surface area contributed by atoms with Crippen LogP contribution in [0.3, 0.4) is 0 Å². The number of hydrogen-bond acceptors (Lipinski definition) is 5. The predicted octanol–water partition coefficient (Wildman–Crippen LogP) is 3.25. The van der Waals surface area contributed by atoms with Crippen molar-refractivity contribution in [3.8, 4) is 11.5 Å². The van der Waals surface area contributed by atoms with E-state index in [1.54, 1.807) is 0 Å². The number of anilines is 1. The lowest BCUT2D eigenvalue weighted by Crippen LogP contribution is -2.30. The third kappa shape index (κ3) is 2.97. The van der Waals surface area contributed by atoms with Crippen LogP contribution in [-0.2, 0) is 10.0 Å². The topological polar surface area (TPSA) is 93.1 Å². The van der Waals surface area contributed by atoms with E-state index in [1.165, 1.54) is 37.4 Å². The number of benzene rings is 2. The maximum Gasteiger partial charge on any atom is 0.335 e. The molecule has 0 amide bonds. The largest absolute Gasteiger partial charge is 0.495 e. The first-order valence-corrected chi connectivity index (χ1v) is 9.01. The third-order valence-electron chi connectivity index (χ3n) is 3.56. The Morgan fingerprint density at radius 3 is 2.64 bits per heavy atom. The Bertz CT molecular complexity index is 976. The van der Waals surface area contributed by atoms with Crippen LogP contribution in [0.1, 0.15) is 10.4 Å². The van der Waals surface area contributed by atoms with Gasteiger partial charge in [0.1, 0.15) is 10.6 Å². The zero-order chi connectivity index (χ0) is 18.4. The summed E-state index contributed by atoms with van der Waals surface area (Å²) < 4.78 is 37.4. The van der Waals surface area contributed by atoms with Gasteiger partial charge in [-0.05, 0) is 30.3 Å². The van der Waals surface area contributed by atoms with Crippen molar-refractivity contribution in [2.24, 2.45) is 0 Å². The van der Waals surface area contributed by atoms with Gasteiger partial charge in [-0.15, -0.1) is 0 Å². The molecule has 7 nitrogen and oxygen atoms in total. The van der Waals surface area contributed by atoms with E-state index in [4.69, 9.17) is 37.8 Å². The molecule has 2 aromatic carbocycles. The van der Waals surface area contributed by atoms with Crippen molar-refractivity contribution in [2.75, 3.05) is 18.1 Å². The van der Waals surface area contributed by atoms with Crippen molar-refractivity contribution in [1.29, 1.82) is 0 Å². The SMILES string of the molecule is COc1ccc(Cl)cc1S(=O)(=O)N1COc2c(Cl)cc(C(=O)O)cc21. The molecule has 0 radical (unpaired) electrons. The molecular weight excluding hydrogens is 393 g/mol. The standard InChI is InChI=1S/C15H11Cl2NO6S/c1-23-12-3-2-9(16)6-13(12)25(21,22)18-7-24-14-10(17)4-8(15(19)20)5-11(14)18/h2-6H,7H2,1H3,(H,19,20). The zero-order valence-corrected chi connectivity index (χ0v) is 15.0. The number of carbonyl (C=O) groups is 1. The fourth-order valence-electron chi connectivity index (χ4n) is 2.39. The van der Waals surface area contributed by atoms with E-state index in [0.29, 0.717) is 0 Å². The third-order valence-corrected chi connectivity index (χ3v) is 5.83. The highest BCUT2D eigenvalue weighted by Crippen LogP contribution is 2.44. The van der Waals surface area contributed by atoms with E-state index in [9.17, 15) is 13.2 Å². The molecule has 0 unspecified atom stereocenters. The van der Waals surface area contributed by atoms with Crippen LogP contribution in [-0.4, -0.2) is 33.3 Å². The van der Waals surface area contributed by atoms with Crippen molar-refractivity contribution in [3.05, 3.63) is 45.9 Å². The lowest BCUT2D eigenvalue weighted by molar-refractivity contribution is 0.0697. The Morgan fingerprint density at radius 1 is 1.28 bits per heavy atom. The highest BCUT2D eigenvalue weighted by Gasteiger charge is 2.36. The molecule has 10 heteroatoms. The normalized spacial score (nSPS) is 13.3. The predicted molar refractivity (Wildman–Crippen MR) is 91.6 cm³/mol. The second-order valence-corrected chi connectivity index (χ2v) is 7.71. The molecule has 1 N–H and O–H groups in total. The van der Waals surface area contributed by atoms with Gasteiger partial charge in [-0.3, -0.25) is 0 Å². The quantitative estimate of drug-likeness (QED) is 0.841. The average Bonchev–Trinajstić information content (AvgIpc) is 3.00. The lowest BCUT2D eigenvalue weighted by atomic mass is 10.2. The minimum atomic E-state index is -4.13. The number of hydrogen-bond donors (Lipinski definition) is 1. The van der Waals surface area contributed by atoms with E-state index < -0.39 is 16.0 Å². The number of methoxy groups -OCH3 is 1. The summed E-state index contributed by atoms with van der Waals surface area (Å²) in [5.74, 6) is -1.05. The van der Waals surface area contributed by atoms with E-state index in [2.05, 4.69) is 0 Å². The van der Waals surface area contributed by atoms with Gasteiger partial charge in [0.25, 0.3) is 10.0 Å². The molecule has 0 atom stereocenters. The summed E-state index contributed by atoms with van der Waals surface area (Å²) >= 11 is 11.9. The minimum absolute atomic E-state index is 0.00524. The highest BCUT2D eigenvalue weighted by atomic mass is 35.5. The van der Waals surface area contributed by atoms with Crippen LogP contribution < -0.4 is 13.8 Å². The molecule has 25 heavy (non-hydrogen) atoms. The fraction of sp³-hybridized carbons (Fsp3) is 0.133. The molecule has 0 saturated heterocycles. The van der Waals surface area contributed by atoms with Crippen LogP contribution in [0.5, 0.6) is 11.5 Å². The molecule has 0 aromatic heterocycles. The molecule has 132 valence electrons. The Balaban J connectivity index is 2.17. The van der Waals surface area contributed by atoms with E-state index in [0.717, 1.165) is 4.31 Å². The summed E-state index contributed by atoms with van der Waals surface area (Å²) in [6.45, 7) is -0.351. The number of ether oxygens (including phenoxy) is 2. The number of carboxylic acids is 1. The Kier molecular flexibility index (Phi) is 4.44. The minimum Gasteiger partial charge on any atom is -0.495 e. The Labute approximate surface area is 153 Å². The maximum absolute atomic E-state index is 13.0. The highest BCUT2D eigenvalue weighted by molar-refractivity contribution is 7.93. The number of carboxylic acid groups (broad SMARTS) is 1. The molecule has 0 saturated carbocycles. The summed E-state index contributed by atoms with van der Waals surface area (Å²) in [4.78, 5) is 11.0. The molecule has 1 aliphatic heterocycles. The first-order chi connectivity index (χ1) is 11.8. The van der Waals surface area contributed by atoms with Crippen LogP contribution in [0.4, 0.5) is 5.69 Å². The summed E-state index contributed by atoms with van der Waals surface area (Å²) in [7, 11) is -2.80. The van der Waals surface area contributed by atoms with Crippen molar-refractivity contribution >= 4 is 44.9 Å². The number of nitrogens with zero attached hydrogens (tertiary/aromatic N) is 1. The monoisotopic (exact) mass is 403 g/mol. The molecule has 0 fully saturated rings.